The van der Waals surface area contributed by atoms with Crippen molar-refractivity contribution < 1.29 is 4.86 Å². The molecule has 1 N–H and O–H groups in total. The minimum atomic E-state index is -3.50. The molecular formula is C17H37NO2SSn2. The summed E-state index contributed by atoms with van der Waals surface area (Å²) >= 11 is -1.73. The second kappa shape index (κ2) is 14.5. The molecule has 6 heteroatoms. The normalized spacial score (nSPS) is 12.2. The van der Waals surface area contributed by atoms with Gasteiger partial charge in [0.05, 0.1) is 0 Å². The van der Waals surface area contributed by atoms with E-state index in [9.17, 15) is 3.44 Å². The van der Waals surface area contributed by atoms with Gasteiger partial charge in [-0.3, -0.25) is 0 Å². The van der Waals surface area contributed by atoms with Crippen LogP contribution in [-0.2, 0) is 1.41 Å². The Labute approximate surface area is 159 Å². The third kappa shape index (κ3) is 10.8. The molecule has 0 saturated heterocycles. The predicted octanol–water partition coefficient (Wildman–Crippen LogP) is 6.18. The molecule has 0 aromatic rings. The van der Waals surface area contributed by atoms with Gasteiger partial charge in [0, 0.05) is 0 Å². The fourth-order valence-corrected chi connectivity index (χ4v) is 42.4. The number of hydrogen-bond donors (Lipinski definition) is 1. The first-order chi connectivity index (χ1) is 11.0. The molecule has 0 unspecified atom stereocenters. The summed E-state index contributed by atoms with van der Waals surface area (Å²) < 4.78 is 26.8. The summed E-state index contributed by atoms with van der Waals surface area (Å²) in [5.74, 6) is 0. The van der Waals surface area contributed by atoms with Gasteiger partial charge >= 0.3 is 161 Å². The van der Waals surface area contributed by atoms with Gasteiger partial charge in [0.25, 0.3) is 0 Å². The quantitative estimate of drug-likeness (QED) is 0.149. The molecule has 0 aliphatic carbocycles. The van der Waals surface area contributed by atoms with Crippen LogP contribution >= 0.6 is 12.2 Å². The topological polar surface area (TPSA) is 41.8 Å². The Hall–Kier alpha value is 1.32. The van der Waals surface area contributed by atoms with Gasteiger partial charge in [-0.25, -0.2) is 0 Å². The van der Waals surface area contributed by atoms with Crippen LogP contribution in [-0.4, -0.2) is 46.9 Å². The molecule has 0 fully saturated rings. The first kappa shape index (κ1) is 24.3. The van der Waals surface area contributed by atoms with E-state index in [1.165, 1.54) is 0 Å². The number of isothiocyanates is 1. The number of unbranched alkanes of at least 4 members (excludes halogenated alkanes) is 4. The molecule has 0 saturated carbocycles. The van der Waals surface area contributed by atoms with Crippen molar-refractivity contribution in [2.45, 2.75) is 96.8 Å². The van der Waals surface area contributed by atoms with Gasteiger partial charge in [0.15, 0.2) is 0 Å². The first-order valence-electron chi connectivity index (χ1n) is 9.53. The van der Waals surface area contributed by atoms with E-state index in [0.29, 0.717) is 0 Å². The van der Waals surface area contributed by atoms with Crippen molar-refractivity contribution in [1.82, 2.24) is 0 Å². The van der Waals surface area contributed by atoms with Crippen LogP contribution in [0.25, 0.3) is 0 Å². The van der Waals surface area contributed by atoms with Crippen molar-refractivity contribution in [3.8, 4) is 0 Å². The third-order valence-electron chi connectivity index (χ3n) is 4.31. The molecule has 0 spiro atoms. The van der Waals surface area contributed by atoms with E-state index in [1.807, 2.05) is 0 Å². The molecular weight excluding hydrogens is 520 g/mol. The molecule has 0 rings (SSSR count). The van der Waals surface area contributed by atoms with E-state index in [-0.39, 0.29) is 0 Å². The van der Waals surface area contributed by atoms with Gasteiger partial charge in [-0.2, -0.15) is 0 Å². The molecule has 0 aliphatic heterocycles. The predicted molar refractivity (Wildman–Crippen MR) is 109 cm³/mol. The van der Waals surface area contributed by atoms with Gasteiger partial charge in [-0.15, -0.1) is 0 Å². The Kier molecular flexibility index (Phi) is 15.3. The van der Waals surface area contributed by atoms with Gasteiger partial charge < -0.3 is 0 Å². The molecule has 0 heterocycles. The van der Waals surface area contributed by atoms with Crippen molar-refractivity contribution >= 4 is 55.6 Å². The molecule has 3 nitrogen and oxygen atoms in total. The van der Waals surface area contributed by atoms with Crippen LogP contribution in [0.5, 0.6) is 0 Å². The first-order valence-corrected chi connectivity index (χ1v) is 22.9. The van der Waals surface area contributed by atoms with Crippen LogP contribution in [0.3, 0.4) is 0 Å². The molecule has 0 bridgehead atoms. The molecule has 0 atom stereocenters. The maximum atomic E-state index is 11.4. The zero-order chi connectivity index (χ0) is 17.6. The molecule has 0 radical (unpaired) electrons. The average Bonchev–Trinajstić information content (AvgIpc) is 2.55. The Morgan fingerprint density at radius 2 is 1.22 bits per heavy atom. The maximum absolute atomic E-state index is 11.4. The fraction of sp³-hybridized carbons (Fsp3) is 0.941. The zero-order valence-corrected chi connectivity index (χ0v) is 22.2. The monoisotopic (exact) mass is 559 g/mol. The molecule has 23 heavy (non-hydrogen) atoms. The molecule has 136 valence electrons. The summed E-state index contributed by atoms with van der Waals surface area (Å²) in [5.41, 5.74) is 0. The average molecular weight is 557 g/mol. The second-order valence-electron chi connectivity index (χ2n) is 6.61. The third-order valence-corrected chi connectivity index (χ3v) is 36.0. The summed E-state index contributed by atoms with van der Waals surface area (Å²) in [6, 6.07) is 0. The Morgan fingerprint density at radius 1 is 0.826 bits per heavy atom. The number of hydrogen-bond acceptors (Lipinski definition) is 4. The summed E-state index contributed by atoms with van der Waals surface area (Å²) in [7, 11) is 0. The zero-order valence-electron chi connectivity index (χ0n) is 15.7. The molecule has 0 aromatic carbocycles. The van der Waals surface area contributed by atoms with Gasteiger partial charge in [-0.05, 0) is 0 Å². The van der Waals surface area contributed by atoms with Crippen molar-refractivity contribution in [2.24, 2.45) is 3.21 Å². The number of nitrogens with zero attached hydrogens (tertiary/aromatic N) is 1. The van der Waals surface area contributed by atoms with Gasteiger partial charge in [-0.1, -0.05) is 0 Å². The van der Waals surface area contributed by atoms with Crippen molar-refractivity contribution in [2.75, 3.05) is 0 Å². The van der Waals surface area contributed by atoms with Crippen LogP contribution < -0.4 is 0 Å². The van der Waals surface area contributed by atoms with E-state index in [2.05, 4.69) is 36.1 Å². The van der Waals surface area contributed by atoms with E-state index in [4.69, 9.17) is 13.6 Å². The van der Waals surface area contributed by atoms with Crippen molar-refractivity contribution in [3.05, 3.63) is 0 Å². The summed E-state index contributed by atoms with van der Waals surface area (Å²) in [6.07, 6.45) is 9.00. The van der Waals surface area contributed by atoms with Crippen LogP contribution in [0.2, 0.25) is 17.7 Å². The van der Waals surface area contributed by atoms with E-state index >= 15 is 0 Å². The molecule has 0 aliphatic rings. The van der Waals surface area contributed by atoms with E-state index < -0.39 is 38.3 Å². The Balaban J connectivity index is 5.30. The van der Waals surface area contributed by atoms with Crippen LogP contribution in [0.4, 0.5) is 0 Å². The Bertz CT molecular complexity index is 333. The SMILES string of the molecule is CCC[CH2][Sn]([OH])([CH2]CCC)[O][Sn]([CH2]CCC)([CH2]CCC)[N]=C=S. The second-order valence-corrected chi connectivity index (χ2v) is 28.4. The summed E-state index contributed by atoms with van der Waals surface area (Å²) in [4.78, 5) is 0. The van der Waals surface area contributed by atoms with Crippen LogP contribution in [0, 0.1) is 0 Å². The molecule has 0 aromatic heterocycles. The fourth-order valence-electron chi connectivity index (χ4n) is 2.84. The summed E-state index contributed by atoms with van der Waals surface area (Å²) in [5, 5.41) is 2.66. The minimum absolute atomic E-state index is 0.926. The molecule has 0 amide bonds. The standard InChI is InChI=1S/4C4H9.CNS.H2O.O.2Sn/c4*1-3-4-2;2-1-3;;;;/h4*1,3-4H2,2H3;;1H2;;;/q;;;;-1;;;2*+1/p-1. The number of thiocarbonyl (C=S) groups is 1. The van der Waals surface area contributed by atoms with Crippen molar-refractivity contribution in [3.63, 3.8) is 0 Å². The van der Waals surface area contributed by atoms with Crippen LogP contribution in [0.15, 0.2) is 3.21 Å². The van der Waals surface area contributed by atoms with Crippen molar-refractivity contribution in [1.29, 1.82) is 0 Å². The van der Waals surface area contributed by atoms with Gasteiger partial charge in [0.1, 0.15) is 0 Å². The van der Waals surface area contributed by atoms with Crippen LogP contribution in [0.1, 0.15) is 79.1 Å². The number of rotatable bonds is 15. The van der Waals surface area contributed by atoms with E-state index in [1.54, 1.807) is 0 Å². The van der Waals surface area contributed by atoms with E-state index in [0.717, 1.165) is 69.1 Å². The van der Waals surface area contributed by atoms with Gasteiger partial charge in [0.2, 0.25) is 0 Å². The Morgan fingerprint density at radius 3 is 1.57 bits per heavy atom. The summed E-state index contributed by atoms with van der Waals surface area (Å²) in [6.45, 7) is 8.79.